The number of aromatic nitrogens is 1. The Morgan fingerprint density at radius 3 is 2.39 bits per heavy atom. The molecule has 0 radical (unpaired) electrons. The van der Waals surface area contributed by atoms with Crippen molar-refractivity contribution in [1.29, 1.82) is 0 Å². The quantitative estimate of drug-likeness (QED) is 0.549. The van der Waals surface area contributed by atoms with E-state index in [1.165, 1.54) is 40.5 Å². The Hall–Kier alpha value is -3.72. The van der Waals surface area contributed by atoms with E-state index in [-0.39, 0.29) is 23.5 Å². The summed E-state index contributed by atoms with van der Waals surface area (Å²) in [4.78, 5) is 30.5. The molecule has 0 aliphatic heterocycles. The van der Waals surface area contributed by atoms with E-state index in [4.69, 9.17) is 0 Å². The first kappa shape index (κ1) is 23.9. The molecule has 0 saturated carbocycles. The monoisotopic (exact) mass is 466 g/mol. The SMILES string of the molecule is CCN(c1ccccc1)S(=O)(=O)c1cccc(C(=O)N(C)CC(=O)Nc2cc(C)ccn2)c1. The van der Waals surface area contributed by atoms with Crippen molar-refractivity contribution in [2.24, 2.45) is 0 Å². The Morgan fingerprint density at radius 1 is 1.00 bits per heavy atom. The van der Waals surface area contributed by atoms with E-state index < -0.39 is 21.8 Å². The highest BCUT2D eigenvalue weighted by molar-refractivity contribution is 7.92. The Morgan fingerprint density at radius 2 is 1.73 bits per heavy atom. The van der Waals surface area contributed by atoms with Crippen LogP contribution in [0.25, 0.3) is 0 Å². The first-order valence-corrected chi connectivity index (χ1v) is 11.8. The topological polar surface area (TPSA) is 99.7 Å². The first-order chi connectivity index (χ1) is 15.7. The number of hydrogen-bond donors (Lipinski definition) is 1. The van der Waals surface area contributed by atoms with Gasteiger partial charge < -0.3 is 10.2 Å². The molecule has 0 saturated heterocycles. The Labute approximate surface area is 193 Å². The number of carbonyl (C=O) groups excluding carboxylic acids is 2. The van der Waals surface area contributed by atoms with E-state index in [0.717, 1.165) is 5.56 Å². The van der Waals surface area contributed by atoms with Crippen molar-refractivity contribution in [3.8, 4) is 0 Å². The zero-order chi connectivity index (χ0) is 24.0. The van der Waals surface area contributed by atoms with Crippen LogP contribution in [0.2, 0.25) is 0 Å². The smallest absolute Gasteiger partial charge is 0.264 e. The lowest BCUT2D eigenvalue weighted by molar-refractivity contribution is -0.116. The zero-order valence-corrected chi connectivity index (χ0v) is 19.5. The maximum Gasteiger partial charge on any atom is 0.264 e. The van der Waals surface area contributed by atoms with Gasteiger partial charge >= 0.3 is 0 Å². The highest BCUT2D eigenvalue weighted by Gasteiger charge is 2.25. The summed E-state index contributed by atoms with van der Waals surface area (Å²) in [5.41, 5.74) is 1.65. The predicted octanol–water partition coefficient (Wildman–Crippen LogP) is 3.32. The van der Waals surface area contributed by atoms with Gasteiger partial charge in [-0.1, -0.05) is 24.3 Å². The van der Waals surface area contributed by atoms with Crippen LogP contribution in [0.4, 0.5) is 11.5 Å². The standard InChI is InChI=1S/C24H26N4O4S/c1-4-28(20-10-6-5-7-11-20)33(31,32)21-12-8-9-19(16-21)24(30)27(3)17-23(29)26-22-15-18(2)13-14-25-22/h5-16H,4,17H2,1-3H3,(H,25,26,29). The summed E-state index contributed by atoms with van der Waals surface area (Å²) in [5.74, 6) is -0.481. The van der Waals surface area contributed by atoms with Crippen molar-refractivity contribution < 1.29 is 18.0 Å². The molecule has 0 fully saturated rings. The van der Waals surface area contributed by atoms with E-state index >= 15 is 0 Å². The minimum Gasteiger partial charge on any atom is -0.332 e. The Kier molecular flexibility index (Phi) is 7.44. The molecular weight excluding hydrogens is 440 g/mol. The maximum absolute atomic E-state index is 13.2. The number of anilines is 2. The van der Waals surface area contributed by atoms with Gasteiger partial charge in [-0.25, -0.2) is 13.4 Å². The number of benzene rings is 2. The van der Waals surface area contributed by atoms with Gasteiger partial charge in [-0.2, -0.15) is 0 Å². The van der Waals surface area contributed by atoms with Crippen LogP contribution >= 0.6 is 0 Å². The number of sulfonamides is 1. The molecule has 1 N–H and O–H groups in total. The summed E-state index contributed by atoms with van der Waals surface area (Å²) in [6, 6.07) is 18.1. The van der Waals surface area contributed by atoms with Gasteiger partial charge in [-0.3, -0.25) is 13.9 Å². The largest absolute Gasteiger partial charge is 0.332 e. The third kappa shape index (κ3) is 5.75. The third-order valence-corrected chi connectivity index (χ3v) is 6.81. The fourth-order valence-corrected chi connectivity index (χ4v) is 4.82. The molecule has 0 atom stereocenters. The fraction of sp³-hybridized carbons (Fsp3) is 0.208. The lowest BCUT2D eigenvalue weighted by Gasteiger charge is -2.23. The molecule has 33 heavy (non-hydrogen) atoms. The number of hydrogen-bond acceptors (Lipinski definition) is 5. The molecule has 0 aliphatic carbocycles. The van der Waals surface area contributed by atoms with E-state index in [0.29, 0.717) is 11.5 Å². The van der Waals surface area contributed by atoms with Crippen LogP contribution < -0.4 is 9.62 Å². The lowest BCUT2D eigenvalue weighted by Crippen LogP contribution is -2.35. The van der Waals surface area contributed by atoms with Crippen LogP contribution in [0, 0.1) is 6.92 Å². The van der Waals surface area contributed by atoms with Crippen molar-refractivity contribution in [2.45, 2.75) is 18.7 Å². The number of para-hydroxylation sites is 1. The number of pyridine rings is 1. The van der Waals surface area contributed by atoms with Crippen LogP contribution in [0.3, 0.4) is 0 Å². The molecule has 1 heterocycles. The highest BCUT2D eigenvalue weighted by atomic mass is 32.2. The fourth-order valence-electron chi connectivity index (χ4n) is 3.30. The number of nitrogens with one attached hydrogen (secondary N) is 1. The lowest BCUT2D eigenvalue weighted by atomic mass is 10.2. The molecule has 0 aliphatic rings. The van der Waals surface area contributed by atoms with E-state index in [1.807, 2.05) is 19.1 Å². The summed E-state index contributed by atoms with van der Waals surface area (Å²) < 4.78 is 27.8. The molecule has 0 spiro atoms. The number of rotatable bonds is 8. The van der Waals surface area contributed by atoms with Gasteiger partial charge in [0.05, 0.1) is 17.1 Å². The van der Waals surface area contributed by atoms with Crippen LogP contribution in [0.1, 0.15) is 22.8 Å². The molecule has 2 aromatic carbocycles. The molecule has 9 heteroatoms. The molecule has 0 unspecified atom stereocenters. The molecular formula is C24H26N4O4S. The van der Waals surface area contributed by atoms with Crippen LogP contribution in [0.5, 0.6) is 0 Å². The zero-order valence-electron chi connectivity index (χ0n) is 18.7. The van der Waals surface area contributed by atoms with E-state index in [9.17, 15) is 18.0 Å². The summed E-state index contributed by atoms with van der Waals surface area (Å²) in [5, 5.41) is 2.65. The molecule has 2 amide bonds. The second-order valence-corrected chi connectivity index (χ2v) is 9.32. The number of carbonyl (C=O) groups is 2. The molecule has 172 valence electrons. The second kappa shape index (κ2) is 10.3. The number of likely N-dealkylation sites (N-methyl/N-ethyl adjacent to an activating group) is 1. The summed E-state index contributed by atoms with van der Waals surface area (Å²) >= 11 is 0. The molecule has 8 nitrogen and oxygen atoms in total. The first-order valence-electron chi connectivity index (χ1n) is 10.4. The number of nitrogens with zero attached hydrogens (tertiary/aromatic N) is 3. The average Bonchev–Trinajstić information content (AvgIpc) is 2.79. The van der Waals surface area contributed by atoms with Gasteiger partial charge in [-0.15, -0.1) is 0 Å². The van der Waals surface area contributed by atoms with E-state index in [2.05, 4.69) is 10.3 Å². The normalized spacial score (nSPS) is 11.0. The van der Waals surface area contributed by atoms with Gasteiger partial charge in [0, 0.05) is 25.4 Å². The van der Waals surface area contributed by atoms with Crippen molar-refractivity contribution in [3.63, 3.8) is 0 Å². The number of amides is 2. The second-order valence-electron chi connectivity index (χ2n) is 7.46. The molecule has 3 aromatic rings. The van der Waals surface area contributed by atoms with Crippen molar-refractivity contribution in [1.82, 2.24) is 9.88 Å². The van der Waals surface area contributed by atoms with Gasteiger partial charge in [0.1, 0.15) is 5.82 Å². The van der Waals surface area contributed by atoms with Gasteiger partial charge in [0.15, 0.2) is 0 Å². The van der Waals surface area contributed by atoms with E-state index in [1.54, 1.807) is 43.5 Å². The van der Waals surface area contributed by atoms with Gasteiger partial charge in [-0.05, 0) is 61.9 Å². The molecule has 3 rings (SSSR count). The predicted molar refractivity (Wildman–Crippen MR) is 128 cm³/mol. The molecule has 0 bridgehead atoms. The minimum absolute atomic E-state index is 0.000801. The minimum atomic E-state index is -3.88. The van der Waals surface area contributed by atoms with Crippen molar-refractivity contribution in [3.05, 3.63) is 84.1 Å². The molecule has 1 aromatic heterocycles. The Bertz CT molecular complexity index is 1250. The highest BCUT2D eigenvalue weighted by Crippen LogP contribution is 2.24. The maximum atomic E-state index is 13.2. The van der Waals surface area contributed by atoms with Crippen LogP contribution in [-0.2, 0) is 14.8 Å². The third-order valence-electron chi connectivity index (χ3n) is 4.91. The summed E-state index contributed by atoms with van der Waals surface area (Å²) in [6.45, 7) is 3.65. The summed E-state index contributed by atoms with van der Waals surface area (Å²) in [6.07, 6.45) is 1.58. The van der Waals surface area contributed by atoms with Gasteiger partial charge in [0.2, 0.25) is 5.91 Å². The number of aryl methyl sites for hydroxylation is 1. The van der Waals surface area contributed by atoms with Crippen molar-refractivity contribution in [2.75, 3.05) is 29.8 Å². The summed E-state index contributed by atoms with van der Waals surface area (Å²) in [7, 11) is -2.40. The van der Waals surface area contributed by atoms with Crippen LogP contribution in [-0.4, -0.2) is 50.3 Å². The van der Waals surface area contributed by atoms with Crippen LogP contribution in [0.15, 0.2) is 77.8 Å². The average molecular weight is 467 g/mol. The Balaban J connectivity index is 1.76. The van der Waals surface area contributed by atoms with Crippen molar-refractivity contribution >= 4 is 33.3 Å². The van der Waals surface area contributed by atoms with Gasteiger partial charge in [0.25, 0.3) is 15.9 Å².